The van der Waals surface area contributed by atoms with Crippen molar-refractivity contribution >= 4 is 50.9 Å². The average molecular weight is 369 g/mol. The zero-order valence-electron chi connectivity index (χ0n) is 9.64. The van der Waals surface area contributed by atoms with Crippen molar-refractivity contribution in [3.63, 3.8) is 0 Å². The maximum Gasteiger partial charge on any atom is 0.201 e. The van der Waals surface area contributed by atoms with Gasteiger partial charge < -0.3 is 10.3 Å². The second kappa shape index (κ2) is 4.89. The molecule has 5 heteroatoms. The van der Waals surface area contributed by atoms with Gasteiger partial charge in [-0.3, -0.25) is 0 Å². The lowest BCUT2D eigenvalue weighted by Crippen LogP contribution is -2.05. The number of hydrogen-bond acceptors (Lipinski definition) is 3. The van der Waals surface area contributed by atoms with E-state index in [9.17, 15) is 0 Å². The highest BCUT2D eigenvalue weighted by atomic mass is 127. The number of nitrogens with zero attached hydrogens (tertiary/aromatic N) is 2. The van der Waals surface area contributed by atoms with Crippen LogP contribution < -0.4 is 5.73 Å². The average Bonchev–Trinajstić information content (AvgIpc) is 2.93. The lowest BCUT2D eigenvalue weighted by atomic mass is 10.2. The molecule has 0 aliphatic rings. The topological polar surface area (TPSA) is 43.8 Å². The van der Waals surface area contributed by atoms with Gasteiger partial charge in [-0.25, -0.2) is 4.98 Å². The molecule has 3 rings (SSSR count). The van der Waals surface area contributed by atoms with Crippen LogP contribution in [0.4, 0.5) is 5.95 Å². The molecule has 0 amide bonds. The van der Waals surface area contributed by atoms with Gasteiger partial charge in [-0.05, 0) is 69.6 Å². The Morgan fingerprint density at radius 2 is 2.22 bits per heavy atom. The van der Waals surface area contributed by atoms with Crippen molar-refractivity contribution in [3.8, 4) is 0 Å². The number of imidazole rings is 1. The molecule has 92 valence electrons. The van der Waals surface area contributed by atoms with Gasteiger partial charge in [-0.2, -0.15) is 11.3 Å². The largest absolute Gasteiger partial charge is 0.369 e. The smallest absolute Gasteiger partial charge is 0.201 e. The van der Waals surface area contributed by atoms with Crippen molar-refractivity contribution in [1.29, 1.82) is 0 Å². The van der Waals surface area contributed by atoms with E-state index in [1.54, 1.807) is 11.3 Å². The summed E-state index contributed by atoms with van der Waals surface area (Å²) in [6.45, 7) is 0.875. The SMILES string of the molecule is Nc1nc2cc(I)ccc2n1CCc1ccsc1. The second-order valence-electron chi connectivity index (χ2n) is 4.14. The Kier molecular flexibility index (Phi) is 3.25. The normalized spacial score (nSPS) is 11.2. The molecule has 0 bridgehead atoms. The van der Waals surface area contributed by atoms with Crippen molar-refractivity contribution < 1.29 is 0 Å². The number of rotatable bonds is 3. The van der Waals surface area contributed by atoms with Crippen LogP contribution in [0.25, 0.3) is 11.0 Å². The number of aromatic nitrogens is 2. The van der Waals surface area contributed by atoms with Gasteiger partial charge in [0.15, 0.2) is 0 Å². The fraction of sp³-hybridized carbons (Fsp3) is 0.154. The van der Waals surface area contributed by atoms with Gasteiger partial charge in [0.25, 0.3) is 0 Å². The fourth-order valence-electron chi connectivity index (χ4n) is 2.03. The van der Waals surface area contributed by atoms with E-state index in [1.807, 2.05) is 0 Å². The molecule has 0 atom stereocenters. The minimum absolute atomic E-state index is 0.599. The zero-order valence-corrected chi connectivity index (χ0v) is 12.6. The first kappa shape index (κ1) is 12.0. The molecule has 1 aromatic carbocycles. The minimum Gasteiger partial charge on any atom is -0.369 e. The third-order valence-corrected chi connectivity index (χ3v) is 4.35. The molecule has 0 aliphatic heterocycles. The van der Waals surface area contributed by atoms with E-state index < -0.39 is 0 Å². The quantitative estimate of drug-likeness (QED) is 0.718. The van der Waals surface area contributed by atoms with Crippen LogP contribution in [-0.2, 0) is 13.0 Å². The van der Waals surface area contributed by atoms with Crippen LogP contribution in [0.3, 0.4) is 0 Å². The maximum absolute atomic E-state index is 5.99. The van der Waals surface area contributed by atoms with Crippen LogP contribution in [-0.4, -0.2) is 9.55 Å². The van der Waals surface area contributed by atoms with Gasteiger partial charge >= 0.3 is 0 Å². The number of nitrogen functional groups attached to an aromatic ring is 1. The number of nitrogens with two attached hydrogens (primary N) is 1. The van der Waals surface area contributed by atoms with Crippen LogP contribution in [0.1, 0.15) is 5.56 Å². The molecule has 18 heavy (non-hydrogen) atoms. The molecule has 0 unspecified atom stereocenters. The Morgan fingerprint density at radius 3 is 3.00 bits per heavy atom. The van der Waals surface area contributed by atoms with Gasteiger partial charge in [0.1, 0.15) is 0 Å². The number of benzene rings is 1. The van der Waals surface area contributed by atoms with E-state index in [0.29, 0.717) is 5.95 Å². The molecule has 0 spiro atoms. The summed E-state index contributed by atoms with van der Waals surface area (Å²) in [6.07, 6.45) is 0.991. The molecule has 0 radical (unpaired) electrons. The molecule has 2 N–H and O–H groups in total. The maximum atomic E-state index is 5.99. The van der Waals surface area contributed by atoms with Gasteiger partial charge in [-0.1, -0.05) is 0 Å². The summed E-state index contributed by atoms with van der Waals surface area (Å²) in [6, 6.07) is 8.40. The van der Waals surface area contributed by atoms with Crippen LogP contribution in [0.15, 0.2) is 35.0 Å². The molecule has 0 aliphatic carbocycles. The molecule has 3 aromatic rings. The summed E-state index contributed by atoms with van der Waals surface area (Å²) >= 11 is 4.02. The first-order chi connectivity index (χ1) is 8.74. The number of aryl methyl sites for hydroxylation is 2. The van der Waals surface area contributed by atoms with Crippen LogP contribution in [0.5, 0.6) is 0 Å². The predicted molar refractivity (Wildman–Crippen MR) is 84.9 cm³/mol. The third-order valence-electron chi connectivity index (χ3n) is 2.94. The van der Waals surface area contributed by atoms with Crippen molar-refractivity contribution in [2.75, 3.05) is 5.73 Å². The van der Waals surface area contributed by atoms with Crippen LogP contribution in [0, 0.1) is 3.57 Å². The Morgan fingerprint density at radius 1 is 1.33 bits per heavy atom. The number of halogens is 1. The van der Waals surface area contributed by atoms with Gasteiger partial charge in [0, 0.05) is 10.1 Å². The molecule has 3 nitrogen and oxygen atoms in total. The molecule has 2 heterocycles. The summed E-state index contributed by atoms with van der Waals surface area (Å²) in [5.41, 5.74) is 9.44. The zero-order chi connectivity index (χ0) is 12.5. The fourth-order valence-corrected chi connectivity index (χ4v) is 3.21. The number of fused-ring (bicyclic) bond motifs is 1. The lowest BCUT2D eigenvalue weighted by molar-refractivity contribution is 0.727. The van der Waals surface area contributed by atoms with E-state index in [1.165, 1.54) is 9.13 Å². The summed E-state index contributed by atoms with van der Waals surface area (Å²) in [5, 5.41) is 4.28. The number of hydrogen-bond donors (Lipinski definition) is 1. The van der Waals surface area contributed by atoms with Gasteiger partial charge in [0.2, 0.25) is 5.95 Å². The van der Waals surface area contributed by atoms with E-state index in [0.717, 1.165) is 24.0 Å². The summed E-state index contributed by atoms with van der Waals surface area (Å²) in [5.74, 6) is 0.599. The Bertz CT molecular complexity index is 673. The highest BCUT2D eigenvalue weighted by molar-refractivity contribution is 14.1. The Balaban J connectivity index is 1.93. The molecule has 0 saturated carbocycles. The Hall–Kier alpha value is -1.08. The second-order valence-corrected chi connectivity index (χ2v) is 6.16. The lowest BCUT2D eigenvalue weighted by Gasteiger charge is -2.05. The molecule has 0 saturated heterocycles. The third kappa shape index (κ3) is 2.24. The first-order valence-corrected chi connectivity index (χ1v) is 7.68. The van der Waals surface area contributed by atoms with Gasteiger partial charge in [0.05, 0.1) is 11.0 Å². The standard InChI is InChI=1S/C13H12IN3S/c14-10-1-2-12-11(7-10)16-13(15)17(12)5-3-9-4-6-18-8-9/h1-2,4,6-8H,3,5H2,(H2,15,16). The van der Waals surface area contributed by atoms with E-state index in [4.69, 9.17) is 5.73 Å². The molecule has 2 aromatic heterocycles. The first-order valence-electron chi connectivity index (χ1n) is 5.66. The van der Waals surface area contributed by atoms with Crippen molar-refractivity contribution in [3.05, 3.63) is 44.2 Å². The van der Waals surface area contributed by atoms with Crippen molar-refractivity contribution in [2.45, 2.75) is 13.0 Å². The minimum atomic E-state index is 0.599. The highest BCUT2D eigenvalue weighted by Crippen LogP contribution is 2.21. The highest BCUT2D eigenvalue weighted by Gasteiger charge is 2.08. The molecular formula is C13H12IN3S. The van der Waals surface area contributed by atoms with Crippen molar-refractivity contribution in [1.82, 2.24) is 9.55 Å². The predicted octanol–water partition coefficient (Wildman–Crippen LogP) is 3.53. The summed E-state index contributed by atoms with van der Waals surface area (Å²) in [7, 11) is 0. The van der Waals surface area contributed by atoms with E-state index in [-0.39, 0.29) is 0 Å². The van der Waals surface area contributed by atoms with E-state index in [2.05, 4.69) is 67.2 Å². The number of anilines is 1. The van der Waals surface area contributed by atoms with Gasteiger partial charge in [-0.15, -0.1) is 0 Å². The van der Waals surface area contributed by atoms with E-state index >= 15 is 0 Å². The summed E-state index contributed by atoms with van der Waals surface area (Å²) < 4.78 is 3.27. The molecular weight excluding hydrogens is 357 g/mol. The van der Waals surface area contributed by atoms with Crippen LogP contribution in [0.2, 0.25) is 0 Å². The summed E-state index contributed by atoms with van der Waals surface area (Å²) in [4.78, 5) is 4.41. The molecule has 0 fully saturated rings. The number of thiophene rings is 1. The monoisotopic (exact) mass is 369 g/mol. The Labute approximate surface area is 123 Å². The van der Waals surface area contributed by atoms with Crippen LogP contribution >= 0.6 is 33.9 Å². The van der Waals surface area contributed by atoms with Crippen molar-refractivity contribution in [2.24, 2.45) is 0 Å².